The van der Waals surface area contributed by atoms with E-state index in [0.717, 1.165) is 12.1 Å². The fourth-order valence-corrected chi connectivity index (χ4v) is 2.55. The number of methoxy groups -OCH3 is 1. The molecule has 2 atom stereocenters. The molecule has 0 saturated carbocycles. The third-order valence-electron chi connectivity index (χ3n) is 3.84. The van der Waals surface area contributed by atoms with Crippen LogP contribution < -0.4 is 5.73 Å². The number of carbonyl (C=O) groups excluding carboxylic acids is 1. The van der Waals surface area contributed by atoms with E-state index in [1.807, 2.05) is 0 Å². The number of alkyl halides is 3. The maximum absolute atomic E-state index is 12.5. The van der Waals surface area contributed by atoms with Gasteiger partial charge in [-0.15, -0.1) is 0 Å². The fourth-order valence-electron chi connectivity index (χ4n) is 2.55. The number of likely N-dealkylation sites (tertiary alicyclic amines) is 1. The SMILES string of the molecule is COC1CCN(C(=O)c2ccc(C(F)(F)F)cn2)C(CN)C1. The molecular weight excluding hydrogens is 299 g/mol. The first-order valence-corrected chi connectivity index (χ1v) is 6.94. The van der Waals surface area contributed by atoms with Gasteiger partial charge in [0.25, 0.3) is 5.91 Å². The standard InChI is InChI=1S/C14H18F3N3O2/c1-22-11-4-5-20(10(6-11)7-18)13(21)12-3-2-9(8-19-12)14(15,16)17/h2-3,8,10-11H,4-7,18H2,1H3. The Balaban J connectivity index is 2.13. The van der Waals surface area contributed by atoms with Crippen molar-refractivity contribution < 1.29 is 22.7 Å². The molecule has 2 unspecified atom stereocenters. The quantitative estimate of drug-likeness (QED) is 0.921. The predicted octanol–water partition coefficient (Wildman–Crippen LogP) is 1.68. The molecule has 1 fully saturated rings. The normalized spacial score (nSPS) is 22.7. The summed E-state index contributed by atoms with van der Waals surface area (Å²) >= 11 is 0. The molecule has 1 aliphatic rings. The number of piperidine rings is 1. The van der Waals surface area contributed by atoms with Gasteiger partial charge in [-0.05, 0) is 25.0 Å². The predicted molar refractivity (Wildman–Crippen MR) is 73.1 cm³/mol. The number of nitrogens with zero attached hydrogens (tertiary/aromatic N) is 2. The zero-order valence-electron chi connectivity index (χ0n) is 12.1. The van der Waals surface area contributed by atoms with Crippen LogP contribution in [0.1, 0.15) is 28.9 Å². The molecule has 5 nitrogen and oxygen atoms in total. The molecule has 1 saturated heterocycles. The summed E-state index contributed by atoms with van der Waals surface area (Å²) in [6, 6.07) is 1.76. The largest absolute Gasteiger partial charge is 0.417 e. The van der Waals surface area contributed by atoms with Crippen molar-refractivity contribution in [2.45, 2.75) is 31.2 Å². The van der Waals surface area contributed by atoms with E-state index in [1.54, 1.807) is 12.0 Å². The Hall–Kier alpha value is -1.67. The van der Waals surface area contributed by atoms with Gasteiger partial charge in [-0.2, -0.15) is 13.2 Å². The number of nitrogens with two attached hydrogens (primary N) is 1. The van der Waals surface area contributed by atoms with E-state index in [-0.39, 0.29) is 24.4 Å². The molecule has 1 amide bonds. The number of pyridine rings is 1. The van der Waals surface area contributed by atoms with Crippen molar-refractivity contribution in [2.24, 2.45) is 5.73 Å². The number of amides is 1. The Labute approximate surface area is 126 Å². The summed E-state index contributed by atoms with van der Waals surface area (Å²) < 4.78 is 42.8. The summed E-state index contributed by atoms with van der Waals surface area (Å²) in [7, 11) is 1.60. The van der Waals surface area contributed by atoms with Crippen LogP contribution in [-0.4, -0.2) is 48.1 Å². The van der Waals surface area contributed by atoms with Gasteiger partial charge in [0, 0.05) is 32.4 Å². The van der Waals surface area contributed by atoms with Gasteiger partial charge < -0.3 is 15.4 Å². The summed E-state index contributed by atoms with van der Waals surface area (Å²) in [5, 5.41) is 0. The number of rotatable bonds is 3. The Bertz CT molecular complexity index is 519. The Morgan fingerprint density at radius 2 is 2.23 bits per heavy atom. The van der Waals surface area contributed by atoms with Gasteiger partial charge in [0.15, 0.2) is 0 Å². The zero-order valence-corrected chi connectivity index (χ0v) is 12.1. The lowest BCUT2D eigenvalue weighted by Gasteiger charge is -2.38. The molecule has 0 spiro atoms. The summed E-state index contributed by atoms with van der Waals surface area (Å²) in [5.41, 5.74) is 4.80. The highest BCUT2D eigenvalue weighted by atomic mass is 19.4. The molecule has 0 aliphatic carbocycles. The van der Waals surface area contributed by atoms with Crippen LogP contribution >= 0.6 is 0 Å². The molecule has 2 heterocycles. The molecule has 1 aromatic heterocycles. The summed E-state index contributed by atoms with van der Waals surface area (Å²) in [6.45, 7) is 0.716. The highest BCUT2D eigenvalue weighted by Gasteiger charge is 2.33. The van der Waals surface area contributed by atoms with Crippen molar-refractivity contribution in [3.8, 4) is 0 Å². The van der Waals surface area contributed by atoms with Crippen LogP contribution in [-0.2, 0) is 10.9 Å². The highest BCUT2D eigenvalue weighted by Crippen LogP contribution is 2.28. The average Bonchev–Trinajstić information content (AvgIpc) is 2.52. The Kier molecular flexibility index (Phi) is 5.02. The first kappa shape index (κ1) is 16.7. The van der Waals surface area contributed by atoms with E-state index in [1.165, 1.54) is 0 Å². The number of ether oxygens (including phenoxy) is 1. The van der Waals surface area contributed by atoms with Crippen LogP contribution in [0.5, 0.6) is 0 Å². The van der Waals surface area contributed by atoms with E-state index in [2.05, 4.69) is 4.98 Å². The van der Waals surface area contributed by atoms with Gasteiger partial charge in [0.1, 0.15) is 5.69 Å². The minimum Gasteiger partial charge on any atom is -0.381 e. The number of hydrogen-bond donors (Lipinski definition) is 1. The lowest BCUT2D eigenvalue weighted by atomic mass is 9.98. The lowest BCUT2D eigenvalue weighted by Crippen LogP contribution is -2.51. The van der Waals surface area contributed by atoms with Crippen molar-refractivity contribution in [3.63, 3.8) is 0 Å². The first-order valence-electron chi connectivity index (χ1n) is 6.94. The van der Waals surface area contributed by atoms with Crippen molar-refractivity contribution in [3.05, 3.63) is 29.6 Å². The van der Waals surface area contributed by atoms with E-state index < -0.39 is 17.6 Å². The molecule has 2 N–H and O–H groups in total. The summed E-state index contributed by atoms with van der Waals surface area (Å²) in [5.74, 6) is -0.404. The van der Waals surface area contributed by atoms with Crippen LogP contribution in [0.15, 0.2) is 18.3 Å². The van der Waals surface area contributed by atoms with Crippen molar-refractivity contribution in [1.29, 1.82) is 0 Å². The maximum Gasteiger partial charge on any atom is 0.417 e. The zero-order chi connectivity index (χ0) is 16.3. The first-order chi connectivity index (χ1) is 10.4. The van der Waals surface area contributed by atoms with Gasteiger partial charge in [-0.25, -0.2) is 0 Å². The number of carbonyl (C=O) groups is 1. The molecule has 122 valence electrons. The van der Waals surface area contributed by atoms with Gasteiger partial charge in [0.2, 0.25) is 0 Å². The molecule has 8 heteroatoms. The van der Waals surface area contributed by atoms with Crippen LogP contribution in [0.3, 0.4) is 0 Å². The van der Waals surface area contributed by atoms with Gasteiger partial charge in [-0.3, -0.25) is 9.78 Å². The van der Waals surface area contributed by atoms with Crippen LogP contribution in [0.2, 0.25) is 0 Å². The molecule has 0 bridgehead atoms. The van der Waals surface area contributed by atoms with Crippen LogP contribution in [0, 0.1) is 0 Å². The fraction of sp³-hybridized carbons (Fsp3) is 0.571. The van der Waals surface area contributed by atoms with Crippen molar-refractivity contribution >= 4 is 5.91 Å². The second-order valence-electron chi connectivity index (χ2n) is 5.20. The van der Waals surface area contributed by atoms with E-state index in [4.69, 9.17) is 10.5 Å². The lowest BCUT2D eigenvalue weighted by molar-refractivity contribution is -0.137. The van der Waals surface area contributed by atoms with Gasteiger partial charge in [-0.1, -0.05) is 0 Å². The Morgan fingerprint density at radius 1 is 1.50 bits per heavy atom. The molecule has 1 aliphatic heterocycles. The van der Waals surface area contributed by atoms with Crippen molar-refractivity contribution in [1.82, 2.24) is 9.88 Å². The third-order valence-corrected chi connectivity index (χ3v) is 3.84. The topological polar surface area (TPSA) is 68.5 Å². The van der Waals surface area contributed by atoms with E-state index in [9.17, 15) is 18.0 Å². The average molecular weight is 317 g/mol. The maximum atomic E-state index is 12.5. The smallest absolute Gasteiger partial charge is 0.381 e. The third kappa shape index (κ3) is 3.56. The monoisotopic (exact) mass is 317 g/mol. The molecule has 0 aromatic carbocycles. The van der Waals surface area contributed by atoms with Crippen molar-refractivity contribution in [2.75, 3.05) is 20.2 Å². The summed E-state index contributed by atoms with van der Waals surface area (Å²) in [6.07, 6.45) is -2.48. The minimum absolute atomic E-state index is 0.0117. The number of halogens is 3. The second-order valence-corrected chi connectivity index (χ2v) is 5.20. The number of aromatic nitrogens is 1. The van der Waals surface area contributed by atoms with Gasteiger partial charge >= 0.3 is 6.18 Å². The van der Waals surface area contributed by atoms with Crippen LogP contribution in [0.25, 0.3) is 0 Å². The molecule has 22 heavy (non-hydrogen) atoms. The van der Waals surface area contributed by atoms with Gasteiger partial charge in [0.05, 0.1) is 11.7 Å². The van der Waals surface area contributed by atoms with E-state index >= 15 is 0 Å². The highest BCUT2D eigenvalue weighted by molar-refractivity contribution is 5.92. The second kappa shape index (κ2) is 6.62. The Morgan fingerprint density at radius 3 is 2.73 bits per heavy atom. The molecule has 2 rings (SSSR count). The van der Waals surface area contributed by atoms with Crippen LogP contribution in [0.4, 0.5) is 13.2 Å². The molecule has 0 radical (unpaired) electrons. The number of hydrogen-bond acceptors (Lipinski definition) is 4. The molecular formula is C14H18F3N3O2. The minimum atomic E-state index is -4.47. The molecule has 1 aromatic rings. The summed E-state index contributed by atoms with van der Waals surface area (Å²) in [4.78, 5) is 17.6. The van der Waals surface area contributed by atoms with E-state index in [0.29, 0.717) is 25.6 Å².